The highest BCUT2D eigenvalue weighted by Crippen LogP contribution is 2.42. The summed E-state index contributed by atoms with van der Waals surface area (Å²) in [5.41, 5.74) is -0.117. The summed E-state index contributed by atoms with van der Waals surface area (Å²) >= 11 is 0. The molecule has 3 aliphatic heterocycles. The molecule has 12 heteroatoms. The molecule has 248 valence electrons. The molecule has 3 aliphatic rings. The molecule has 0 bridgehead atoms. The lowest BCUT2D eigenvalue weighted by molar-refractivity contribution is -0.141. The summed E-state index contributed by atoms with van der Waals surface area (Å²) in [7, 11) is 0. The number of benzene rings is 2. The van der Waals surface area contributed by atoms with Crippen LogP contribution in [0, 0.1) is 17.6 Å². The number of rotatable bonds is 7. The summed E-state index contributed by atoms with van der Waals surface area (Å²) < 4.78 is 52.6. The number of hydrogen-bond donors (Lipinski definition) is 2. The highest BCUT2D eigenvalue weighted by Gasteiger charge is 2.49. The number of aromatic nitrogens is 3. The smallest absolute Gasteiger partial charge is 0.319 e. The monoisotopic (exact) mass is 649 g/mol. The van der Waals surface area contributed by atoms with Crippen LogP contribution < -0.4 is 9.64 Å². The van der Waals surface area contributed by atoms with Crippen molar-refractivity contribution in [2.45, 2.75) is 70.0 Å². The third kappa shape index (κ3) is 5.70. The van der Waals surface area contributed by atoms with Gasteiger partial charge in [-0.2, -0.15) is 9.97 Å². The predicted molar refractivity (Wildman–Crippen MR) is 172 cm³/mol. The number of fused-ring (bicyclic) bond motifs is 3. The lowest BCUT2D eigenvalue weighted by Gasteiger charge is -2.32. The van der Waals surface area contributed by atoms with Gasteiger partial charge in [-0.25, -0.2) is 13.2 Å². The fraction of sp³-hybridized carbons (Fsp3) is 0.486. The molecule has 0 spiro atoms. The number of hydrogen-bond acceptors (Lipinski definition) is 8. The highest BCUT2D eigenvalue weighted by molar-refractivity contribution is 6.01. The minimum Gasteiger partial charge on any atom is -0.508 e. The number of aliphatic carboxylic acids is 1. The number of ether oxygens (including phenoxy) is 1. The zero-order valence-corrected chi connectivity index (χ0v) is 26.3. The number of pyridine rings is 1. The molecule has 3 fully saturated rings. The first-order valence-corrected chi connectivity index (χ1v) is 16.5. The number of carboxylic acid groups (broad SMARTS) is 1. The molecule has 2 N–H and O–H groups in total. The lowest BCUT2D eigenvalue weighted by Crippen LogP contribution is -2.43. The van der Waals surface area contributed by atoms with Crippen molar-refractivity contribution in [1.29, 1.82) is 0 Å². The van der Waals surface area contributed by atoms with Crippen molar-refractivity contribution in [2.75, 3.05) is 37.7 Å². The van der Waals surface area contributed by atoms with Crippen LogP contribution in [0.15, 0.2) is 30.5 Å². The molecule has 3 atom stereocenters. The van der Waals surface area contributed by atoms with E-state index in [0.717, 1.165) is 38.6 Å². The van der Waals surface area contributed by atoms with E-state index in [9.17, 15) is 23.8 Å². The summed E-state index contributed by atoms with van der Waals surface area (Å²) in [6.45, 7) is 3.72. The van der Waals surface area contributed by atoms with Crippen LogP contribution in [0.4, 0.5) is 19.0 Å². The summed E-state index contributed by atoms with van der Waals surface area (Å²) in [5.74, 6) is -2.61. The predicted octanol–water partition coefficient (Wildman–Crippen LogP) is 6.43. The van der Waals surface area contributed by atoms with E-state index in [-0.39, 0.29) is 47.1 Å². The SMILES string of the molecule is CCc1c(F)ccc2cc(O)cc(-c3ncc4c(N5CCCCCC(C(=O)O)C5)nc(OC[C@@]56CCCN5C[C@H](F)C6)nc4c3F)c12. The summed E-state index contributed by atoms with van der Waals surface area (Å²) in [5, 5.41) is 21.8. The molecular weight excluding hydrogens is 611 g/mol. The fourth-order valence-corrected chi connectivity index (χ4v) is 7.91. The second kappa shape index (κ2) is 12.4. The Hall–Kier alpha value is -4.19. The van der Waals surface area contributed by atoms with E-state index in [2.05, 4.69) is 14.9 Å². The molecule has 47 heavy (non-hydrogen) atoms. The maximum Gasteiger partial charge on any atom is 0.319 e. The van der Waals surface area contributed by atoms with E-state index >= 15 is 4.39 Å². The van der Waals surface area contributed by atoms with Crippen LogP contribution in [0.1, 0.15) is 57.4 Å². The minimum atomic E-state index is -0.956. The Balaban J connectivity index is 1.38. The Morgan fingerprint density at radius 3 is 2.77 bits per heavy atom. The van der Waals surface area contributed by atoms with Crippen molar-refractivity contribution in [3.63, 3.8) is 0 Å². The van der Waals surface area contributed by atoms with Crippen molar-refractivity contribution in [1.82, 2.24) is 19.9 Å². The van der Waals surface area contributed by atoms with Gasteiger partial charge in [0.05, 0.1) is 16.8 Å². The number of phenolic OH excluding ortho intramolecular Hbond substituents is 1. The van der Waals surface area contributed by atoms with E-state index in [1.807, 2.05) is 4.90 Å². The Bertz CT molecular complexity index is 1860. The van der Waals surface area contributed by atoms with Crippen molar-refractivity contribution in [3.05, 3.63) is 47.7 Å². The molecule has 2 aromatic heterocycles. The molecule has 0 amide bonds. The highest BCUT2D eigenvalue weighted by atomic mass is 19.1. The normalized spacial score (nSPS) is 23.6. The van der Waals surface area contributed by atoms with E-state index < -0.39 is 35.2 Å². The number of halogens is 3. The fourth-order valence-electron chi connectivity index (χ4n) is 7.91. The van der Waals surface area contributed by atoms with Gasteiger partial charge in [0.15, 0.2) is 5.82 Å². The first-order chi connectivity index (χ1) is 22.7. The van der Waals surface area contributed by atoms with Gasteiger partial charge in [-0.1, -0.05) is 25.8 Å². The van der Waals surface area contributed by atoms with Crippen molar-refractivity contribution >= 4 is 33.5 Å². The molecule has 0 radical (unpaired) electrons. The van der Waals surface area contributed by atoms with E-state index in [4.69, 9.17) is 9.72 Å². The minimum absolute atomic E-state index is 0.0922. The van der Waals surface area contributed by atoms with Gasteiger partial charge in [-0.05, 0) is 73.2 Å². The molecular formula is C35H38F3N5O4. The molecule has 4 aromatic rings. The molecule has 2 aromatic carbocycles. The number of aromatic hydroxyl groups is 1. The number of nitrogens with zero attached hydrogens (tertiary/aromatic N) is 5. The van der Waals surface area contributed by atoms with Gasteiger partial charge in [0.25, 0.3) is 0 Å². The number of aryl methyl sites for hydroxylation is 1. The molecule has 0 aliphatic carbocycles. The van der Waals surface area contributed by atoms with Crippen LogP contribution in [-0.2, 0) is 11.2 Å². The summed E-state index contributed by atoms with van der Waals surface area (Å²) in [6.07, 6.45) is 5.80. The van der Waals surface area contributed by atoms with Crippen LogP contribution in [0.5, 0.6) is 11.8 Å². The van der Waals surface area contributed by atoms with Gasteiger partial charge >= 0.3 is 12.0 Å². The zero-order valence-electron chi connectivity index (χ0n) is 26.3. The van der Waals surface area contributed by atoms with Gasteiger partial charge in [-0.3, -0.25) is 14.7 Å². The molecule has 9 nitrogen and oxygen atoms in total. The standard InChI is InChI=1S/C35H38F3N5O4/c1-2-24-27(37)9-8-20-13-23(44)14-25(28(20)24)30-29(38)31-26(16-39-30)32(42-11-5-3-4-7-21(17-42)33(45)46)41-34(40-31)47-19-35-10-6-12-43(35)18-22(36)15-35/h8-9,13-14,16,21-22,44H,2-7,10-12,15,17-19H2,1H3,(H,45,46)/t21?,22-,35+/m1/s1. The van der Waals surface area contributed by atoms with Crippen LogP contribution in [0.25, 0.3) is 32.9 Å². The van der Waals surface area contributed by atoms with Gasteiger partial charge in [0.2, 0.25) is 0 Å². The third-order valence-electron chi connectivity index (χ3n) is 10.2. The van der Waals surface area contributed by atoms with Crippen LogP contribution in [0.2, 0.25) is 0 Å². The van der Waals surface area contributed by atoms with Crippen LogP contribution >= 0.6 is 0 Å². The van der Waals surface area contributed by atoms with Crippen molar-refractivity contribution < 1.29 is 32.9 Å². The maximum absolute atomic E-state index is 16.9. The number of alkyl halides is 1. The largest absolute Gasteiger partial charge is 0.508 e. The lowest BCUT2D eigenvalue weighted by atomic mass is 9.94. The zero-order chi connectivity index (χ0) is 32.9. The van der Waals surface area contributed by atoms with Crippen molar-refractivity contribution in [3.8, 4) is 23.0 Å². The molecule has 5 heterocycles. The first kappa shape index (κ1) is 31.4. The Morgan fingerprint density at radius 2 is 1.96 bits per heavy atom. The Kier molecular flexibility index (Phi) is 8.32. The number of carboxylic acids is 1. The van der Waals surface area contributed by atoms with Gasteiger partial charge in [-0.15, -0.1) is 0 Å². The average molecular weight is 650 g/mol. The van der Waals surface area contributed by atoms with E-state index in [1.54, 1.807) is 6.92 Å². The number of carbonyl (C=O) groups is 1. The topological polar surface area (TPSA) is 112 Å². The second-order valence-corrected chi connectivity index (χ2v) is 13.2. The van der Waals surface area contributed by atoms with E-state index in [0.29, 0.717) is 54.5 Å². The van der Waals surface area contributed by atoms with E-state index in [1.165, 1.54) is 30.5 Å². The number of anilines is 1. The van der Waals surface area contributed by atoms with Crippen molar-refractivity contribution in [2.24, 2.45) is 5.92 Å². The first-order valence-electron chi connectivity index (χ1n) is 16.5. The molecule has 7 rings (SSSR count). The number of phenols is 1. The van der Waals surface area contributed by atoms with Crippen LogP contribution in [0.3, 0.4) is 0 Å². The van der Waals surface area contributed by atoms with Gasteiger partial charge < -0.3 is 19.8 Å². The quantitative estimate of drug-likeness (QED) is 0.234. The maximum atomic E-state index is 16.9. The van der Waals surface area contributed by atoms with Gasteiger partial charge in [0, 0.05) is 37.8 Å². The van der Waals surface area contributed by atoms with Crippen LogP contribution in [-0.4, -0.2) is 80.5 Å². The Labute approximate surface area is 270 Å². The van der Waals surface area contributed by atoms with Gasteiger partial charge in [0.1, 0.15) is 41.4 Å². The Morgan fingerprint density at radius 1 is 1.11 bits per heavy atom. The molecule has 1 unspecified atom stereocenters. The summed E-state index contributed by atoms with van der Waals surface area (Å²) in [4.78, 5) is 29.8. The second-order valence-electron chi connectivity index (χ2n) is 13.2. The molecule has 3 saturated heterocycles. The average Bonchev–Trinajstić information content (AvgIpc) is 3.55. The summed E-state index contributed by atoms with van der Waals surface area (Å²) in [6, 6.07) is 5.64. The third-order valence-corrected chi connectivity index (χ3v) is 10.2. The molecule has 0 saturated carbocycles.